The van der Waals surface area contributed by atoms with Crippen molar-refractivity contribution in [2.75, 3.05) is 13.2 Å². The maximum atomic E-state index is 12.8. The van der Waals surface area contributed by atoms with Crippen LogP contribution in [0, 0.1) is 5.92 Å². The van der Waals surface area contributed by atoms with Crippen molar-refractivity contribution >= 4 is 17.6 Å². The zero-order valence-electron chi connectivity index (χ0n) is 19.2. The van der Waals surface area contributed by atoms with E-state index in [1.165, 1.54) is 5.56 Å². The van der Waals surface area contributed by atoms with Gasteiger partial charge < -0.3 is 9.47 Å². The Labute approximate surface area is 193 Å². The second-order valence-corrected chi connectivity index (χ2v) is 8.69. The molecule has 3 rings (SSSR count). The monoisotopic (exact) mass is 460 g/mol. The molecule has 2 aromatic carbocycles. The minimum atomic E-state index is -4.32. The van der Waals surface area contributed by atoms with Crippen LogP contribution >= 0.6 is 0 Å². The first-order valence-electron chi connectivity index (χ1n) is 11.5. The van der Waals surface area contributed by atoms with Crippen molar-refractivity contribution in [1.82, 2.24) is 0 Å². The Hall–Kier alpha value is -2.76. The predicted molar refractivity (Wildman–Crippen MR) is 124 cm³/mol. The van der Waals surface area contributed by atoms with Gasteiger partial charge in [0, 0.05) is 0 Å². The fourth-order valence-electron chi connectivity index (χ4n) is 3.77. The maximum Gasteiger partial charge on any atom is 0.416 e. The summed E-state index contributed by atoms with van der Waals surface area (Å²) in [4.78, 5) is 11.4. The summed E-state index contributed by atoms with van der Waals surface area (Å²) in [5.41, 5.74) is 3.53. The molecule has 0 saturated carbocycles. The van der Waals surface area contributed by atoms with Gasteiger partial charge in [-0.2, -0.15) is 13.2 Å². The van der Waals surface area contributed by atoms with Gasteiger partial charge in [-0.05, 0) is 85.1 Å². The molecule has 0 N–H and O–H groups in total. The van der Waals surface area contributed by atoms with Crippen LogP contribution in [0.4, 0.5) is 13.2 Å². The molecule has 0 unspecified atom stereocenters. The highest BCUT2D eigenvalue weighted by molar-refractivity contribution is 5.83. The van der Waals surface area contributed by atoms with E-state index < -0.39 is 11.7 Å². The Morgan fingerprint density at radius 3 is 2.39 bits per heavy atom. The summed E-state index contributed by atoms with van der Waals surface area (Å²) in [5.74, 6) is 0.570. The van der Waals surface area contributed by atoms with Crippen LogP contribution in [0.1, 0.15) is 68.2 Å². The van der Waals surface area contributed by atoms with Crippen molar-refractivity contribution in [2.24, 2.45) is 5.92 Å². The molecule has 0 amide bonds. The summed E-state index contributed by atoms with van der Waals surface area (Å²) in [6, 6.07) is 11.4. The highest BCUT2D eigenvalue weighted by atomic mass is 19.4. The van der Waals surface area contributed by atoms with Gasteiger partial charge in [-0.3, -0.25) is 4.79 Å². The molecule has 0 radical (unpaired) electrons. The quantitative estimate of drug-likeness (QED) is 0.290. The molecule has 3 nitrogen and oxygen atoms in total. The van der Waals surface area contributed by atoms with Crippen molar-refractivity contribution in [2.45, 2.75) is 58.5 Å². The van der Waals surface area contributed by atoms with Crippen LogP contribution in [0.15, 0.2) is 42.5 Å². The normalized spacial score (nSPS) is 13.8. The van der Waals surface area contributed by atoms with E-state index in [0.29, 0.717) is 13.2 Å². The van der Waals surface area contributed by atoms with Crippen LogP contribution in [0.3, 0.4) is 0 Å². The average Bonchev–Trinajstić information content (AvgIpc) is 2.99. The van der Waals surface area contributed by atoms with Crippen LogP contribution in [0.5, 0.6) is 5.75 Å². The lowest BCUT2D eigenvalue weighted by Crippen LogP contribution is -2.12. The molecule has 6 heteroatoms. The third-order valence-corrected chi connectivity index (χ3v) is 5.69. The number of carbonyl (C=O) groups excluding carboxylic acids is 1. The Balaban J connectivity index is 1.53. The lowest BCUT2D eigenvalue weighted by Gasteiger charge is -2.10. The Morgan fingerprint density at radius 2 is 1.70 bits per heavy atom. The Bertz CT molecular complexity index is 960. The summed E-state index contributed by atoms with van der Waals surface area (Å²) >= 11 is 0. The van der Waals surface area contributed by atoms with Crippen molar-refractivity contribution < 1.29 is 27.4 Å². The van der Waals surface area contributed by atoms with Crippen LogP contribution in [-0.2, 0) is 22.1 Å². The number of hydrogen-bond donors (Lipinski definition) is 0. The molecular weight excluding hydrogens is 429 g/mol. The second-order valence-electron chi connectivity index (χ2n) is 8.69. The number of esters is 1. The number of alkyl halides is 3. The molecule has 33 heavy (non-hydrogen) atoms. The molecule has 0 aliphatic heterocycles. The number of unbranched alkanes of at least 4 members (excludes halogenated alkanes) is 2. The first-order chi connectivity index (χ1) is 15.7. The molecule has 0 spiro atoms. The first kappa shape index (κ1) is 24.9. The summed E-state index contributed by atoms with van der Waals surface area (Å²) in [6.07, 6.45) is 3.03. The van der Waals surface area contributed by atoms with E-state index in [-0.39, 0.29) is 11.9 Å². The van der Waals surface area contributed by atoms with Gasteiger partial charge in [0.25, 0.3) is 0 Å². The number of ether oxygens (including phenoxy) is 2. The van der Waals surface area contributed by atoms with Gasteiger partial charge in [-0.25, -0.2) is 0 Å². The molecule has 1 aliphatic carbocycles. The van der Waals surface area contributed by atoms with Gasteiger partial charge in [-0.1, -0.05) is 38.1 Å². The third-order valence-electron chi connectivity index (χ3n) is 5.69. The van der Waals surface area contributed by atoms with Crippen molar-refractivity contribution in [3.63, 3.8) is 0 Å². The average molecular weight is 461 g/mol. The first-order valence-corrected chi connectivity index (χ1v) is 11.5. The largest absolute Gasteiger partial charge is 0.494 e. The highest BCUT2D eigenvalue weighted by Crippen LogP contribution is 2.34. The summed E-state index contributed by atoms with van der Waals surface area (Å²) < 4.78 is 49.6. The Kier molecular flexibility index (Phi) is 8.59. The van der Waals surface area contributed by atoms with E-state index in [1.54, 1.807) is 12.1 Å². The van der Waals surface area contributed by atoms with Gasteiger partial charge in [0.2, 0.25) is 0 Å². The number of carbonyl (C=O) groups is 1. The number of aryl methyl sites for hydroxylation is 1. The van der Waals surface area contributed by atoms with Crippen molar-refractivity contribution in [3.8, 4) is 5.75 Å². The van der Waals surface area contributed by atoms with E-state index in [1.807, 2.05) is 26.0 Å². The fraction of sp³-hybridized carbons (Fsp3) is 0.444. The SMILES string of the molecule is CC(C)C(=O)OCCCCCOc1ccc2c(c1)CCCC(c1ccc(C(F)(F)F)cc1)=C2. The van der Waals surface area contributed by atoms with Crippen LogP contribution in [0.25, 0.3) is 11.6 Å². The van der Waals surface area contributed by atoms with Gasteiger partial charge in [0.05, 0.1) is 24.7 Å². The van der Waals surface area contributed by atoms with Crippen LogP contribution in [-0.4, -0.2) is 19.2 Å². The molecule has 0 fully saturated rings. The molecule has 0 bridgehead atoms. The van der Waals surface area contributed by atoms with E-state index >= 15 is 0 Å². The van der Waals surface area contributed by atoms with Crippen molar-refractivity contribution in [1.29, 1.82) is 0 Å². The van der Waals surface area contributed by atoms with Gasteiger partial charge >= 0.3 is 12.1 Å². The topological polar surface area (TPSA) is 35.5 Å². The van der Waals surface area contributed by atoms with Crippen molar-refractivity contribution in [3.05, 3.63) is 64.7 Å². The molecule has 1 aliphatic rings. The molecular formula is C27H31F3O3. The minimum Gasteiger partial charge on any atom is -0.494 e. The van der Waals surface area contributed by atoms with E-state index in [4.69, 9.17) is 9.47 Å². The lowest BCUT2D eigenvalue weighted by atomic mass is 9.99. The minimum absolute atomic E-state index is 0.0950. The smallest absolute Gasteiger partial charge is 0.416 e. The third kappa shape index (κ3) is 7.37. The molecule has 0 saturated heterocycles. The molecule has 0 atom stereocenters. The number of allylic oxidation sites excluding steroid dienone is 1. The summed E-state index contributed by atoms with van der Waals surface area (Å²) in [7, 11) is 0. The fourth-order valence-corrected chi connectivity index (χ4v) is 3.77. The number of fused-ring (bicyclic) bond motifs is 1. The van der Waals surface area contributed by atoms with Gasteiger partial charge in [0.1, 0.15) is 5.75 Å². The van der Waals surface area contributed by atoms with Crippen LogP contribution < -0.4 is 4.74 Å². The van der Waals surface area contributed by atoms with Crippen LogP contribution in [0.2, 0.25) is 0 Å². The molecule has 0 aromatic heterocycles. The zero-order chi connectivity index (χ0) is 23.8. The Morgan fingerprint density at radius 1 is 0.970 bits per heavy atom. The number of halogens is 3. The van der Waals surface area contributed by atoms with Gasteiger partial charge in [0.15, 0.2) is 0 Å². The van der Waals surface area contributed by atoms with Gasteiger partial charge in [-0.15, -0.1) is 0 Å². The molecule has 0 heterocycles. The predicted octanol–water partition coefficient (Wildman–Crippen LogP) is 7.33. The van der Waals surface area contributed by atoms with E-state index in [9.17, 15) is 18.0 Å². The second kappa shape index (κ2) is 11.4. The van der Waals surface area contributed by atoms with E-state index in [0.717, 1.165) is 73.1 Å². The number of benzene rings is 2. The molecule has 2 aromatic rings. The zero-order valence-corrected chi connectivity index (χ0v) is 19.2. The maximum absolute atomic E-state index is 12.8. The summed E-state index contributed by atoms with van der Waals surface area (Å²) in [5, 5.41) is 0. The number of rotatable bonds is 9. The summed E-state index contributed by atoms with van der Waals surface area (Å²) in [6.45, 7) is 4.69. The molecule has 178 valence electrons. The lowest BCUT2D eigenvalue weighted by molar-refractivity contribution is -0.147. The van der Waals surface area contributed by atoms with E-state index in [2.05, 4.69) is 12.1 Å². The highest BCUT2D eigenvalue weighted by Gasteiger charge is 2.30. The number of hydrogen-bond acceptors (Lipinski definition) is 3. The standard InChI is InChI=1S/C27H31F3O3/c1-19(2)26(31)33-16-5-3-4-15-32-25-14-11-23-17-21(7-6-8-22(23)18-25)20-9-12-24(13-10-20)27(28,29)30/h9-14,17-19H,3-8,15-16H2,1-2H3.